The van der Waals surface area contributed by atoms with Crippen LogP contribution in [0.3, 0.4) is 0 Å². The van der Waals surface area contributed by atoms with Crippen LogP contribution in [0.25, 0.3) is 23.0 Å². The maximum absolute atomic E-state index is 5.88. The Balaban J connectivity index is 1.47. The standard InChI is InChI=1S/C20H16N4O4/c1-2-6-13(7-3-1)27-19-14(8-4-10-21-19)18-23-20(28-24-18)16-17(26-12-22-16)15-9-5-11-25-15/h1-4,6-8,10,12,15H,5,9,11H2. The van der Waals surface area contributed by atoms with E-state index in [-0.39, 0.29) is 12.0 Å². The first-order valence-corrected chi connectivity index (χ1v) is 8.96. The van der Waals surface area contributed by atoms with E-state index in [0.717, 1.165) is 12.8 Å². The predicted octanol–water partition coefficient (Wildman–Crippen LogP) is 4.43. The molecule has 1 aromatic carbocycles. The molecule has 1 aliphatic heterocycles. The molecule has 0 spiro atoms. The largest absolute Gasteiger partial charge is 0.445 e. The topological polar surface area (TPSA) is 96.3 Å². The van der Waals surface area contributed by atoms with E-state index in [0.29, 0.717) is 41.1 Å². The van der Waals surface area contributed by atoms with Crippen molar-refractivity contribution < 1.29 is 18.4 Å². The van der Waals surface area contributed by atoms with Gasteiger partial charge >= 0.3 is 0 Å². The first-order valence-electron chi connectivity index (χ1n) is 8.96. The molecule has 4 aromatic rings. The van der Waals surface area contributed by atoms with Gasteiger partial charge in [-0.3, -0.25) is 0 Å². The number of aromatic nitrogens is 4. The zero-order valence-electron chi connectivity index (χ0n) is 14.8. The van der Waals surface area contributed by atoms with E-state index >= 15 is 0 Å². The summed E-state index contributed by atoms with van der Waals surface area (Å²) in [7, 11) is 0. The fourth-order valence-electron chi connectivity index (χ4n) is 3.10. The van der Waals surface area contributed by atoms with E-state index in [2.05, 4.69) is 20.1 Å². The summed E-state index contributed by atoms with van der Waals surface area (Å²) in [5.74, 6) is 2.29. The molecular weight excluding hydrogens is 360 g/mol. The summed E-state index contributed by atoms with van der Waals surface area (Å²) in [6, 6.07) is 13.0. The van der Waals surface area contributed by atoms with Crippen molar-refractivity contribution in [2.75, 3.05) is 6.61 Å². The van der Waals surface area contributed by atoms with Gasteiger partial charge in [-0.25, -0.2) is 9.97 Å². The summed E-state index contributed by atoms with van der Waals surface area (Å²) in [6.45, 7) is 0.704. The molecule has 0 N–H and O–H groups in total. The van der Waals surface area contributed by atoms with Crippen molar-refractivity contribution >= 4 is 0 Å². The van der Waals surface area contributed by atoms with E-state index in [9.17, 15) is 0 Å². The number of benzene rings is 1. The highest BCUT2D eigenvalue weighted by atomic mass is 16.5. The molecule has 1 atom stereocenters. The van der Waals surface area contributed by atoms with Crippen molar-refractivity contribution in [1.82, 2.24) is 20.1 Å². The first-order chi connectivity index (χ1) is 13.9. The van der Waals surface area contributed by atoms with Crippen LogP contribution in [0, 0.1) is 0 Å². The van der Waals surface area contributed by atoms with Gasteiger partial charge in [0.2, 0.25) is 11.7 Å². The number of oxazole rings is 1. The number of hydrogen-bond donors (Lipinski definition) is 0. The number of nitrogens with zero attached hydrogens (tertiary/aromatic N) is 4. The molecule has 8 nitrogen and oxygen atoms in total. The second-order valence-electron chi connectivity index (χ2n) is 6.26. The Morgan fingerprint density at radius 2 is 1.96 bits per heavy atom. The van der Waals surface area contributed by atoms with Crippen LogP contribution in [0.15, 0.2) is 64.0 Å². The second kappa shape index (κ2) is 7.24. The minimum absolute atomic E-state index is 0.136. The zero-order valence-corrected chi connectivity index (χ0v) is 14.8. The van der Waals surface area contributed by atoms with Crippen LogP contribution in [0.5, 0.6) is 11.6 Å². The normalized spacial score (nSPS) is 16.4. The molecule has 140 valence electrons. The Hall–Kier alpha value is -3.52. The minimum atomic E-state index is -0.136. The molecular formula is C20H16N4O4. The third kappa shape index (κ3) is 3.14. The molecule has 0 bridgehead atoms. The lowest BCUT2D eigenvalue weighted by atomic mass is 10.1. The van der Waals surface area contributed by atoms with Crippen molar-refractivity contribution in [3.8, 4) is 34.6 Å². The molecule has 8 heteroatoms. The highest BCUT2D eigenvalue weighted by Crippen LogP contribution is 2.36. The maximum atomic E-state index is 5.88. The predicted molar refractivity (Wildman–Crippen MR) is 97.5 cm³/mol. The van der Waals surface area contributed by atoms with Crippen molar-refractivity contribution in [2.24, 2.45) is 0 Å². The lowest BCUT2D eigenvalue weighted by Crippen LogP contribution is -1.96. The number of pyridine rings is 1. The average molecular weight is 376 g/mol. The van der Waals surface area contributed by atoms with Gasteiger partial charge in [-0.15, -0.1) is 0 Å². The Labute approximate surface area is 160 Å². The summed E-state index contributed by atoms with van der Waals surface area (Å²) in [4.78, 5) is 13.0. The van der Waals surface area contributed by atoms with Crippen molar-refractivity contribution in [3.63, 3.8) is 0 Å². The molecule has 28 heavy (non-hydrogen) atoms. The quantitative estimate of drug-likeness (QED) is 0.505. The van der Waals surface area contributed by atoms with E-state index in [1.807, 2.05) is 36.4 Å². The lowest BCUT2D eigenvalue weighted by Gasteiger charge is -2.07. The molecule has 1 unspecified atom stereocenters. The lowest BCUT2D eigenvalue weighted by molar-refractivity contribution is 0.0939. The number of hydrogen-bond acceptors (Lipinski definition) is 8. The van der Waals surface area contributed by atoms with Gasteiger partial charge in [-0.05, 0) is 37.1 Å². The Bertz CT molecular complexity index is 1070. The van der Waals surface area contributed by atoms with E-state index in [1.54, 1.807) is 12.3 Å². The van der Waals surface area contributed by atoms with Crippen LogP contribution in [0.4, 0.5) is 0 Å². The van der Waals surface area contributed by atoms with E-state index in [4.69, 9.17) is 18.4 Å². The van der Waals surface area contributed by atoms with Crippen LogP contribution in [-0.4, -0.2) is 26.7 Å². The molecule has 1 fully saturated rings. The Kier molecular flexibility index (Phi) is 4.30. The zero-order chi connectivity index (χ0) is 18.8. The van der Waals surface area contributed by atoms with Gasteiger partial charge in [-0.1, -0.05) is 23.4 Å². The number of para-hydroxylation sites is 1. The van der Waals surface area contributed by atoms with Crippen LogP contribution in [-0.2, 0) is 4.74 Å². The molecule has 0 saturated carbocycles. The van der Waals surface area contributed by atoms with Crippen LogP contribution >= 0.6 is 0 Å². The van der Waals surface area contributed by atoms with Gasteiger partial charge in [0.15, 0.2) is 17.8 Å². The smallest absolute Gasteiger partial charge is 0.280 e. The van der Waals surface area contributed by atoms with Gasteiger partial charge < -0.3 is 18.4 Å². The Morgan fingerprint density at radius 1 is 1.04 bits per heavy atom. The molecule has 3 aromatic heterocycles. The molecule has 0 aliphatic carbocycles. The highest BCUT2D eigenvalue weighted by molar-refractivity contribution is 5.63. The van der Waals surface area contributed by atoms with Crippen LogP contribution in [0.2, 0.25) is 0 Å². The van der Waals surface area contributed by atoms with Gasteiger partial charge in [0, 0.05) is 12.8 Å². The summed E-state index contributed by atoms with van der Waals surface area (Å²) < 4.78 is 22.5. The van der Waals surface area contributed by atoms with Gasteiger partial charge in [0.1, 0.15) is 11.9 Å². The fraction of sp³-hybridized carbons (Fsp3) is 0.200. The summed E-state index contributed by atoms with van der Waals surface area (Å²) >= 11 is 0. The molecule has 1 aliphatic rings. The van der Waals surface area contributed by atoms with Gasteiger partial charge in [0.05, 0.1) is 5.56 Å². The van der Waals surface area contributed by atoms with Crippen molar-refractivity contribution in [2.45, 2.75) is 18.9 Å². The summed E-state index contributed by atoms with van der Waals surface area (Å²) in [5.41, 5.74) is 1.11. The SMILES string of the molecule is c1ccc(Oc2ncccc2-c2noc(-c3ncoc3C3CCCO3)n2)cc1. The van der Waals surface area contributed by atoms with Gasteiger partial charge in [-0.2, -0.15) is 4.98 Å². The van der Waals surface area contributed by atoms with E-state index < -0.39 is 0 Å². The fourth-order valence-corrected chi connectivity index (χ4v) is 3.10. The molecule has 0 radical (unpaired) electrons. The summed E-state index contributed by atoms with van der Waals surface area (Å²) in [6.07, 6.45) is 4.74. The molecule has 5 rings (SSSR count). The van der Waals surface area contributed by atoms with Gasteiger partial charge in [0.25, 0.3) is 5.89 Å². The van der Waals surface area contributed by atoms with Crippen molar-refractivity contribution in [1.29, 1.82) is 0 Å². The first kappa shape index (κ1) is 16.6. The third-order valence-electron chi connectivity index (χ3n) is 4.42. The monoisotopic (exact) mass is 376 g/mol. The molecule has 0 amide bonds. The number of ether oxygens (including phenoxy) is 2. The minimum Gasteiger partial charge on any atom is -0.445 e. The number of rotatable bonds is 5. The van der Waals surface area contributed by atoms with Crippen molar-refractivity contribution in [3.05, 3.63) is 60.8 Å². The second-order valence-corrected chi connectivity index (χ2v) is 6.26. The van der Waals surface area contributed by atoms with Crippen LogP contribution < -0.4 is 4.74 Å². The van der Waals surface area contributed by atoms with E-state index in [1.165, 1.54) is 6.39 Å². The molecule has 4 heterocycles. The maximum Gasteiger partial charge on any atom is 0.280 e. The highest BCUT2D eigenvalue weighted by Gasteiger charge is 2.28. The average Bonchev–Trinajstić information content (AvgIpc) is 3.49. The molecule has 1 saturated heterocycles. The summed E-state index contributed by atoms with van der Waals surface area (Å²) in [5, 5.41) is 4.08. The van der Waals surface area contributed by atoms with Crippen LogP contribution in [0.1, 0.15) is 24.7 Å². The Morgan fingerprint density at radius 3 is 2.82 bits per heavy atom. The third-order valence-corrected chi connectivity index (χ3v) is 4.42.